The summed E-state index contributed by atoms with van der Waals surface area (Å²) in [4.78, 5) is 4.48. The van der Waals surface area contributed by atoms with E-state index >= 15 is 0 Å². The summed E-state index contributed by atoms with van der Waals surface area (Å²) in [6.45, 7) is 8.88. The van der Waals surface area contributed by atoms with Crippen molar-refractivity contribution in [1.29, 1.82) is 0 Å². The molecule has 0 saturated carbocycles. The molecule has 1 heterocycles. The Bertz CT molecular complexity index is 570. The van der Waals surface area contributed by atoms with Gasteiger partial charge in [0.15, 0.2) is 0 Å². The molecule has 2 N–H and O–H groups in total. The molecule has 0 aliphatic heterocycles. The van der Waals surface area contributed by atoms with Gasteiger partial charge in [0.2, 0.25) is 11.7 Å². The molecule has 5 nitrogen and oxygen atoms in total. The summed E-state index contributed by atoms with van der Waals surface area (Å²) in [5, 5.41) is 4.08. The summed E-state index contributed by atoms with van der Waals surface area (Å²) >= 11 is 0. The van der Waals surface area contributed by atoms with Gasteiger partial charge in [0.25, 0.3) is 0 Å². The van der Waals surface area contributed by atoms with E-state index in [1.807, 2.05) is 31.2 Å². The van der Waals surface area contributed by atoms with E-state index < -0.39 is 0 Å². The van der Waals surface area contributed by atoms with E-state index in [2.05, 4.69) is 30.9 Å². The van der Waals surface area contributed by atoms with Crippen molar-refractivity contribution in [1.82, 2.24) is 10.1 Å². The van der Waals surface area contributed by atoms with Gasteiger partial charge in [-0.3, -0.25) is 0 Å². The third-order valence-corrected chi connectivity index (χ3v) is 3.17. The predicted molar refractivity (Wildman–Crippen MR) is 81.8 cm³/mol. The van der Waals surface area contributed by atoms with E-state index in [1.165, 1.54) is 0 Å². The van der Waals surface area contributed by atoms with Gasteiger partial charge in [-0.25, -0.2) is 0 Å². The van der Waals surface area contributed by atoms with Crippen LogP contribution in [-0.4, -0.2) is 16.7 Å². The van der Waals surface area contributed by atoms with Crippen LogP contribution in [0.3, 0.4) is 0 Å². The molecule has 2 aromatic rings. The first kappa shape index (κ1) is 15.5. The van der Waals surface area contributed by atoms with Crippen molar-refractivity contribution in [2.75, 3.05) is 12.3 Å². The molecular weight excluding hydrogens is 266 g/mol. The lowest BCUT2D eigenvalue weighted by atomic mass is 9.88. The number of nitrogen functional groups attached to an aromatic ring is 1. The van der Waals surface area contributed by atoms with Gasteiger partial charge in [0.05, 0.1) is 6.42 Å². The molecule has 114 valence electrons. The molecule has 0 saturated heterocycles. The summed E-state index contributed by atoms with van der Waals surface area (Å²) in [5.41, 5.74) is 7.42. The van der Waals surface area contributed by atoms with Crippen molar-refractivity contribution >= 4 is 5.69 Å². The van der Waals surface area contributed by atoms with E-state index in [0.29, 0.717) is 24.7 Å². The highest BCUT2D eigenvalue weighted by Crippen LogP contribution is 2.34. The Hall–Kier alpha value is -1.88. The molecule has 0 bridgehead atoms. The molecular formula is C16H23N3O2. The fraction of sp³-hybridized carbons (Fsp3) is 0.500. The Morgan fingerprint density at radius 2 is 1.90 bits per heavy atom. The second kappa shape index (κ2) is 6.26. The Morgan fingerprint density at radius 3 is 2.48 bits per heavy atom. The minimum Gasteiger partial charge on any atom is -0.399 e. The Labute approximate surface area is 125 Å². The first-order valence-electron chi connectivity index (χ1n) is 7.18. The number of anilines is 1. The number of nitrogens with two attached hydrogens (primary N) is 1. The number of nitrogens with zero attached hydrogens (tertiary/aromatic N) is 2. The topological polar surface area (TPSA) is 74.2 Å². The van der Waals surface area contributed by atoms with Gasteiger partial charge in [0, 0.05) is 12.3 Å². The molecule has 0 fully saturated rings. The molecule has 2 rings (SSSR count). The Balaban J connectivity index is 2.14. The van der Waals surface area contributed by atoms with Crippen LogP contribution < -0.4 is 5.73 Å². The highest BCUT2D eigenvalue weighted by atomic mass is 16.5. The number of aromatic nitrogens is 2. The second-order valence-electron chi connectivity index (χ2n) is 6.17. The van der Waals surface area contributed by atoms with Gasteiger partial charge in [-0.1, -0.05) is 38.1 Å². The zero-order valence-electron chi connectivity index (χ0n) is 13.1. The van der Waals surface area contributed by atoms with Crippen molar-refractivity contribution < 1.29 is 9.26 Å². The van der Waals surface area contributed by atoms with Crippen LogP contribution in [-0.2, 0) is 11.2 Å². The zero-order valence-corrected chi connectivity index (χ0v) is 13.1. The van der Waals surface area contributed by atoms with Crippen molar-refractivity contribution in [3.05, 3.63) is 41.5 Å². The molecule has 1 aromatic carbocycles. The lowest BCUT2D eigenvalue weighted by Gasteiger charge is -2.27. The normalized spacial score (nSPS) is 13.3. The quantitative estimate of drug-likeness (QED) is 0.854. The van der Waals surface area contributed by atoms with Crippen LogP contribution in [0.5, 0.6) is 0 Å². The average Bonchev–Trinajstić information content (AvgIpc) is 2.85. The van der Waals surface area contributed by atoms with E-state index in [-0.39, 0.29) is 11.5 Å². The Kier molecular flexibility index (Phi) is 4.63. The second-order valence-corrected chi connectivity index (χ2v) is 6.17. The molecule has 0 aliphatic rings. The van der Waals surface area contributed by atoms with Crippen LogP contribution in [0.15, 0.2) is 28.8 Å². The minimum absolute atomic E-state index is 0.0850. The van der Waals surface area contributed by atoms with Crippen molar-refractivity contribution in [3.8, 4) is 0 Å². The van der Waals surface area contributed by atoms with Crippen LogP contribution >= 0.6 is 0 Å². The standard InChI is InChI=1S/C16H23N3O2/c1-5-20-14(16(2,3)4)15-18-13(21-19-15)10-11-6-8-12(17)9-7-11/h6-9,14H,5,10,17H2,1-4H3. The monoisotopic (exact) mass is 289 g/mol. The van der Waals surface area contributed by atoms with E-state index in [4.69, 9.17) is 15.0 Å². The van der Waals surface area contributed by atoms with Crippen LogP contribution in [0.1, 0.15) is 51.1 Å². The summed E-state index contributed by atoms with van der Waals surface area (Å²) in [6.07, 6.45) is 0.419. The highest BCUT2D eigenvalue weighted by Gasteiger charge is 2.31. The molecule has 0 radical (unpaired) electrons. The smallest absolute Gasteiger partial charge is 0.231 e. The summed E-state index contributed by atoms with van der Waals surface area (Å²) in [5.74, 6) is 1.19. The summed E-state index contributed by atoms with van der Waals surface area (Å²) in [6, 6.07) is 7.65. The largest absolute Gasteiger partial charge is 0.399 e. The first-order valence-corrected chi connectivity index (χ1v) is 7.18. The molecule has 0 aliphatic carbocycles. The predicted octanol–water partition coefficient (Wildman–Crippen LogP) is 3.37. The molecule has 5 heteroatoms. The van der Waals surface area contributed by atoms with Gasteiger partial charge in [0.1, 0.15) is 6.10 Å². The number of rotatable bonds is 5. The maximum atomic E-state index is 5.77. The van der Waals surface area contributed by atoms with Crippen molar-refractivity contribution in [2.24, 2.45) is 5.41 Å². The summed E-state index contributed by atoms with van der Waals surface area (Å²) < 4.78 is 11.1. The maximum Gasteiger partial charge on any atom is 0.231 e. The fourth-order valence-electron chi connectivity index (χ4n) is 2.13. The molecule has 1 aromatic heterocycles. The lowest BCUT2D eigenvalue weighted by molar-refractivity contribution is -0.0203. The third kappa shape index (κ3) is 4.04. The van der Waals surface area contributed by atoms with Crippen molar-refractivity contribution in [2.45, 2.75) is 40.2 Å². The van der Waals surface area contributed by atoms with Crippen LogP contribution in [0.25, 0.3) is 0 Å². The Morgan fingerprint density at radius 1 is 1.24 bits per heavy atom. The van der Waals surface area contributed by atoms with E-state index in [9.17, 15) is 0 Å². The summed E-state index contributed by atoms with van der Waals surface area (Å²) in [7, 11) is 0. The SMILES string of the molecule is CCOC(c1noc(Cc2ccc(N)cc2)n1)C(C)(C)C. The molecule has 0 spiro atoms. The molecule has 1 atom stereocenters. The molecule has 0 amide bonds. The van der Waals surface area contributed by atoms with Crippen LogP contribution in [0.4, 0.5) is 5.69 Å². The lowest BCUT2D eigenvalue weighted by Crippen LogP contribution is -2.22. The molecule has 21 heavy (non-hydrogen) atoms. The van der Waals surface area contributed by atoms with E-state index in [0.717, 1.165) is 11.3 Å². The number of hydrogen-bond acceptors (Lipinski definition) is 5. The number of hydrogen-bond donors (Lipinski definition) is 1. The third-order valence-electron chi connectivity index (χ3n) is 3.17. The highest BCUT2D eigenvalue weighted by molar-refractivity contribution is 5.39. The number of benzene rings is 1. The van der Waals surface area contributed by atoms with Gasteiger partial charge >= 0.3 is 0 Å². The van der Waals surface area contributed by atoms with Crippen molar-refractivity contribution in [3.63, 3.8) is 0 Å². The van der Waals surface area contributed by atoms with Gasteiger partial charge in [-0.15, -0.1) is 0 Å². The van der Waals surface area contributed by atoms with Crippen LogP contribution in [0, 0.1) is 5.41 Å². The molecule has 1 unspecified atom stereocenters. The minimum atomic E-state index is -0.175. The number of ether oxygens (including phenoxy) is 1. The van der Waals surface area contributed by atoms with E-state index in [1.54, 1.807) is 0 Å². The van der Waals surface area contributed by atoms with Gasteiger partial charge in [-0.2, -0.15) is 4.98 Å². The van der Waals surface area contributed by atoms with Gasteiger partial charge in [-0.05, 0) is 30.0 Å². The van der Waals surface area contributed by atoms with Crippen LogP contribution in [0.2, 0.25) is 0 Å². The first-order chi connectivity index (χ1) is 9.90. The zero-order chi connectivity index (χ0) is 15.5. The fourth-order valence-corrected chi connectivity index (χ4v) is 2.13. The average molecular weight is 289 g/mol. The maximum absolute atomic E-state index is 5.77. The van der Waals surface area contributed by atoms with Gasteiger partial charge < -0.3 is 15.0 Å².